The van der Waals surface area contributed by atoms with Crippen molar-refractivity contribution in [3.8, 4) is 0 Å². The number of carbonyl (C=O) groups is 2. The topological polar surface area (TPSA) is 80.3 Å². The Morgan fingerprint density at radius 3 is 2.77 bits per heavy atom. The molecule has 1 heterocycles. The molecule has 0 aliphatic heterocycles. The van der Waals surface area contributed by atoms with E-state index in [1.165, 1.54) is 16.9 Å². The lowest BCUT2D eigenvalue weighted by Crippen LogP contribution is -2.34. The van der Waals surface area contributed by atoms with Gasteiger partial charge >= 0.3 is 5.97 Å². The number of rotatable bonds is 7. The molecule has 6 nitrogen and oxygen atoms in total. The average molecular weight is 422 g/mol. The number of thiazole rings is 1. The van der Waals surface area contributed by atoms with Gasteiger partial charge in [0.2, 0.25) is 0 Å². The number of hydrogen-bond acceptors (Lipinski definition) is 6. The molecule has 154 valence electrons. The lowest BCUT2D eigenvalue weighted by molar-refractivity contribution is -0.125. The van der Waals surface area contributed by atoms with Gasteiger partial charge in [0.05, 0.1) is 6.04 Å². The fourth-order valence-corrected chi connectivity index (χ4v) is 4.25. The highest BCUT2D eigenvalue weighted by Gasteiger charge is 2.22. The zero-order chi connectivity index (χ0) is 20.8. The van der Waals surface area contributed by atoms with Gasteiger partial charge in [-0.2, -0.15) is 0 Å². The Balaban J connectivity index is 1.26. The molecule has 7 heteroatoms. The van der Waals surface area contributed by atoms with Crippen LogP contribution < -0.4 is 10.6 Å². The first-order valence-electron chi connectivity index (χ1n) is 9.96. The van der Waals surface area contributed by atoms with Crippen LogP contribution in [0, 0.1) is 0 Å². The maximum Gasteiger partial charge on any atom is 0.358 e. The van der Waals surface area contributed by atoms with Gasteiger partial charge in [0.15, 0.2) is 17.4 Å². The van der Waals surface area contributed by atoms with Crippen LogP contribution >= 0.6 is 11.3 Å². The number of aromatic nitrogens is 1. The molecular formula is C23H23N3O3S. The molecule has 2 N–H and O–H groups in total. The average Bonchev–Trinajstić information content (AvgIpc) is 3.26. The summed E-state index contributed by atoms with van der Waals surface area (Å²) in [5.41, 5.74) is 3.74. The van der Waals surface area contributed by atoms with Crippen LogP contribution in [-0.2, 0) is 22.5 Å². The molecule has 4 rings (SSSR count). The number of anilines is 1. The third-order valence-corrected chi connectivity index (χ3v) is 5.84. The molecule has 30 heavy (non-hydrogen) atoms. The van der Waals surface area contributed by atoms with Crippen molar-refractivity contribution in [3.63, 3.8) is 0 Å². The number of nitrogens with zero attached hydrogens (tertiary/aromatic N) is 1. The SMILES string of the molecule is O=C(COC(=O)c1csc(NCc2ccccc2)n1)NC1CCCc2ccccc21. The first-order chi connectivity index (χ1) is 14.7. The number of hydrogen-bond donors (Lipinski definition) is 2. The molecule has 0 spiro atoms. The molecule has 1 aliphatic rings. The van der Waals surface area contributed by atoms with Crippen molar-refractivity contribution < 1.29 is 14.3 Å². The summed E-state index contributed by atoms with van der Waals surface area (Å²) in [4.78, 5) is 28.8. The van der Waals surface area contributed by atoms with Crippen molar-refractivity contribution in [2.24, 2.45) is 0 Å². The first-order valence-corrected chi connectivity index (χ1v) is 10.8. The van der Waals surface area contributed by atoms with E-state index in [1.807, 2.05) is 48.5 Å². The van der Waals surface area contributed by atoms with Gasteiger partial charge in [0.1, 0.15) is 0 Å². The van der Waals surface area contributed by atoms with Gasteiger partial charge in [0.25, 0.3) is 5.91 Å². The number of benzene rings is 2. The van der Waals surface area contributed by atoms with Crippen LogP contribution in [0.25, 0.3) is 0 Å². The van der Waals surface area contributed by atoms with Crippen molar-refractivity contribution in [1.82, 2.24) is 10.3 Å². The number of fused-ring (bicyclic) bond motifs is 1. The highest BCUT2D eigenvalue weighted by atomic mass is 32.1. The molecule has 2 aromatic carbocycles. The summed E-state index contributed by atoms with van der Waals surface area (Å²) >= 11 is 1.33. The Morgan fingerprint density at radius 1 is 1.10 bits per heavy atom. The number of ether oxygens (including phenoxy) is 1. The molecule has 0 saturated carbocycles. The summed E-state index contributed by atoms with van der Waals surface area (Å²) in [6.07, 6.45) is 2.94. The standard InChI is InChI=1S/C23H23N3O3S/c27-21(25-19-12-6-10-17-9-4-5-11-18(17)19)14-29-22(28)20-15-30-23(26-20)24-13-16-7-2-1-3-8-16/h1-5,7-9,11,15,19H,6,10,12-14H2,(H,24,26)(H,25,27). The predicted molar refractivity (Wildman–Crippen MR) is 116 cm³/mol. The van der Waals surface area contributed by atoms with Crippen LogP contribution in [0.2, 0.25) is 0 Å². The van der Waals surface area contributed by atoms with Crippen LogP contribution in [0.1, 0.15) is 46.1 Å². The Kier molecular flexibility index (Phi) is 6.39. The highest BCUT2D eigenvalue weighted by Crippen LogP contribution is 2.29. The summed E-state index contributed by atoms with van der Waals surface area (Å²) in [7, 11) is 0. The Labute approximate surface area is 179 Å². The van der Waals surface area contributed by atoms with Gasteiger partial charge in [-0.3, -0.25) is 4.79 Å². The smallest absolute Gasteiger partial charge is 0.358 e. The van der Waals surface area contributed by atoms with E-state index in [-0.39, 0.29) is 24.2 Å². The summed E-state index contributed by atoms with van der Waals surface area (Å²) in [5, 5.41) is 8.43. The lowest BCUT2D eigenvalue weighted by Gasteiger charge is -2.26. The summed E-state index contributed by atoms with van der Waals surface area (Å²) in [6, 6.07) is 18.0. The van der Waals surface area contributed by atoms with Crippen molar-refractivity contribution in [1.29, 1.82) is 0 Å². The number of carbonyl (C=O) groups excluding carboxylic acids is 2. The number of esters is 1. The zero-order valence-electron chi connectivity index (χ0n) is 16.5. The third-order valence-electron chi connectivity index (χ3n) is 5.04. The third kappa shape index (κ3) is 5.04. The van der Waals surface area contributed by atoms with Crippen LogP contribution in [0.5, 0.6) is 0 Å². The Morgan fingerprint density at radius 2 is 1.90 bits per heavy atom. The van der Waals surface area contributed by atoms with Gasteiger partial charge in [-0.05, 0) is 36.0 Å². The fourth-order valence-electron chi connectivity index (χ4n) is 3.57. The molecule has 0 radical (unpaired) electrons. The maximum atomic E-state index is 12.3. The summed E-state index contributed by atoms with van der Waals surface area (Å²) in [5.74, 6) is -0.902. The second kappa shape index (κ2) is 9.54. The van der Waals surface area contributed by atoms with Crippen molar-refractivity contribution in [2.75, 3.05) is 11.9 Å². The first kappa shape index (κ1) is 20.1. The molecule has 0 saturated heterocycles. The van der Waals surface area contributed by atoms with E-state index in [2.05, 4.69) is 21.7 Å². The zero-order valence-corrected chi connectivity index (χ0v) is 17.3. The van der Waals surface area contributed by atoms with Crippen LogP contribution in [-0.4, -0.2) is 23.5 Å². The Hall–Kier alpha value is -3.19. The van der Waals surface area contributed by atoms with E-state index in [9.17, 15) is 9.59 Å². The van der Waals surface area contributed by atoms with E-state index in [0.717, 1.165) is 30.4 Å². The van der Waals surface area contributed by atoms with Gasteiger partial charge in [-0.1, -0.05) is 54.6 Å². The maximum absolute atomic E-state index is 12.3. The van der Waals surface area contributed by atoms with Gasteiger partial charge in [-0.15, -0.1) is 11.3 Å². The van der Waals surface area contributed by atoms with Crippen molar-refractivity contribution in [2.45, 2.75) is 31.8 Å². The van der Waals surface area contributed by atoms with E-state index < -0.39 is 5.97 Å². The van der Waals surface area contributed by atoms with E-state index >= 15 is 0 Å². The van der Waals surface area contributed by atoms with Crippen molar-refractivity contribution >= 4 is 28.3 Å². The van der Waals surface area contributed by atoms with Gasteiger partial charge < -0.3 is 15.4 Å². The molecule has 1 aromatic heterocycles. The second-order valence-corrected chi connectivity index (χ2v) is 8.02. The number of aryl methyl sites for hydroxylation is 1. The Bertz CT molecular complexity index is 1020. The largest absolute Gasteiger partial charge is 0.451 e. The molecule has 1 unspecified atom stereocenters. The molecule has 1 aliphatic carbocycles. The highest BCUT2D eigenvalue weighted by molar-refractivity contribution is 7.13. The van der Waals surface area contributed by atoms with E-state index in [4.69, 9.17) is 4.74 Å². The lowest BCUT2D eigenvalue weighted by atomic mass is 9.88. The minimum absolute atomic E-state index is 0.0331. The second-order valence-electron chi connectivity index (χ2n) is 7.16. The molecule has 0 fully saturated rings. The molecule has 3 aromatic rings. The van der Waals surface area contributed by atoms with Crippen LogP contribution in [0.3, 0.4) is 0 Å². The molecule has 0 bridgehead atoms. The van der Waals surface area contributed by atoms with Crippen LogP contribution in [0.4, 0.5) is 5.13 Å². The normalized spacial score (nSPS) is 15.1. The molecule has 1 atom stereocenters. The predicted octanol–water partition coefficient (Wildman–Crippen LogP) is 4.11. The van der Waals surface area contributed by atoms with Crippen molar-refractivity contribution in [3.05, 3.63) is 82.4 Å². The summed E-state index contributed by atoms with van der Waals surface area (Å²) in [6.45, 7) is 0.302. The molecule has 1 amide bonds. The number of amides is 1. The van der Waals surface area contributed by atoms with Crippen LogP contribution in [0.15, 0.2) is 60.0 Å². The summed E-state index contributed by atoms with van der Waals surface area (Å²) < 4.78 is 5.16. The monoisotopic (exact) mass is 421 g/mol. The molecular weight excluding hydrogens is 398 g/mol. The quantitative estimate of drug-likeness (QED) is 0.561. The fraction of sp³-hybridized carbons (Fsp3) is 0.261. The minimum atomic E-state index is -0.599. The van der Waals surface area contributed by atoms with Gasteiger partial charge in [0, 0.05) is 11.9 Å². The number of nitrogens with one attached hydrogen (secondary N) is 2. The van der Waals surface area contributed by atoms with E-state index in [0.29, 0.717) is 11.7 Å². The van der Waals surface area contributed by atoms with Gasteiger partial charge in [-0.25, -0.2) is 9.78 Å². The van der Waals surface area contributed by atoms with E-state index in [1.54, 1.807) is 5.38 Å². The minimum Gasteiger partial charge on any atom is -0.451 e.